The average Bonchev–Trinajstić information content (AvgIpc) is 3.16. The van der Waals surface area contributed by atoms with E-state index in [-0.39, 0.29) is 5.82 Å². The van der Waals surface area contributed by atoms with Crippen LogP contribution in [-0.2, 0) is 0 Å². The third-order valence-electron chi connectivity index (χ3n) is 3.25. The minimum atomic E-state index is -0.775. The highest BCUT2D eigenvalue weighted by Gasteiger charge is 2.31. The Bertz CT molecular complexity index is 647. The molecule has 1 N–H and O–H groups in total. The quantitative estimate of drug-likeness (QED) is 0.861. The zero-order chi connectivity index (χ0) is 15.0. The van der Waals surface area contributed by atoms with E-state index in [0.29, 0.717) is 23.2 Å². The van der Waals surface area contributed by atoms with Crippen molar-refractivity contribution in [3.05, 3.63) is 30.1 Å². The molecule has 1 aliphatic rings. The van der Waals surface area contributed by atoms with Crippen molar-refractivity contribution in [1.29, 1.82) is 0 Å². The number of aliphatic hydroxyl groups is 1. The van der Waals surface area contributed by atoms with E-state index in [9.17, 15) is 9.50 Å². The van der Waals surface area contributed by atoms with Crippen LogP contribution in [0, 0.1) is 5.82 Å². The highest BCUT2D eigenvalue weighted by Crippen LogP contribution is 2.41. The van der Waals surface area contributed by atoms with Gasteiger partial charge in [-0.05, 0) is 38.8 Å². The van der Waals surface area contributed by atoms with Gasteiger partial charge in [-0.25, -0.2) is 4.39 Å². The van der Waals surface area contributed by atoms with Gasteiger partial charge in [0.25, 0.3) is 0 Å². The molecule has 2 aromatic rings. The lowest BCUT2D eigenvalue weighted by molar-refractivity contribution is 0.107. The van der Waals surface area contributed by atoms with Crippen LogP contribution in [0.3, 0.4) is 0 Å². The number of rotatable bonds is 5. The first-order valence-corrected chi connectivity index (χ1v) is 7.99. The summed E-state index contributed by atoms with van der Waals surface area (Å²) in [5.41, 5.74) is -0.296. The number of thioether (sulfide) groups is 1. The Labute approximate surface area is 127 Å². The van der Waals surface area contributed by atoms with E-state index >= 15 is 0 Å². The molecule has 0 radical (unpaired) electrons. The molecule has 0 atom stereocenters. The summed E-state index contributed by atoms with van der Waals surface area (Å²) < 4.78 is 16.0. The van der Waals surface area contributed by atoms with Crippen LogP contribution in [-0.4, -0.2) is 31.2 Å². The topological polar surface area (TPSA) is 50.9 Å². The largest absolute Gasteiger partial charge is 0.390 e. The lowest BCUT2D eigenvalue weighted by Gasteiger charge is -2.16. The molecule has 0 amide bonds. The summed E-state index contributed by atoms with van der Waals surface area (Å²) in [5, 5.41) is 19.0. The number of hydrogen-bond acceptors (Lipinski definition) is 4. The van der Waals surface area contributed by atoms with Crippen LogP contribution in [0.2, 0.25) is 0 Å². The molecular formula is C15H18FN3OS. The fraction of sp³-hybridized carbons (Fsp3) is 0.467. The molecule has 6 heteroatoms. The van der Waals surface area contributed by atoms with Crippen molar-refractivity contribution in [3.8, 4) is 11.4 Å². The fourth-order valence-corrected chi connectivity index (χ4v) is 3.06. The first-order chi connectivity index (χ1) is 9.96. The molecule has 21 heavy (non-hydrogen) atoms. The Balaban J connectivity index is 1.95. The van der Waals surface area contributed by atoms with Crippen LogP contribution in [0.25, 0.3) is 11.4 Å². The second-order valence-corrected chi connectivity index (χ2v) is 6.93. The van der Waals surface area contributed by atoms with Gasteiger partial charge >= 0.3 is 0 Å². The van der Waals surface area contributed by atoms with Gasteiger partial charge in [-0.1, -0.05) is 23.9 Å². The maximum atomic E-state index is 14.0. The van der Waals surface area contributed by atoms with Gasteiger partial charge in [0, 0.05) is 11.8 Å². The minimum absolute atomic E-state index is 0.286. The number of benzene rings is 1. The SMILES string of the molecule is CC(C)(O)CSc1nnc(-c2ccccc2F)n1C1CC1. The van der Waals surface area contributed by atoms with Crippen LogP contribution in [0.4, 0.5) is 4.39 Å². The normalized spacial score (nSPS) is 15.4. The Morgan fingerprint density at radius 2 is 2.05 bits per heavy atom. The molecule has 0 saturated heterocycles. The van der Waals surface area contributed by atoms with Crippen LogP contribution in [0.1, 0.15) is 32.7 Å². The predicted molar refractivity (Wildman–Crippen MR) is 80.7 cm³/mol. The maximum absolute atomic E-state index is 14.0. The summed E-state index contributed by atoms with van der Waals surface area (Å²) in [6.07, 6.45) is 2.13. The Hall–Kier alpha value is -1.40. The lowest BCUT2D eigenvalue weighted by Crippen LogP contribution is -2.22. The van der Waals surface area contributed by atoms with Gasteiger partial charge in [0.1, 0.15) is 5.82 Å². The molecule has 4 nitrogen and oxygen atoms in total. The van der Waals surface area contributed by atoms with Gasteiger partial charge in [-0.15, -0.1) is 10.2 Å². The van der Waals surface area contributed by atoms with Gasteiger partial charge < -0.3 is 5.11 Å². The second kappa shape index (κ2) is 5.42. The molecule has 112 valence electrons. The molecule has 0 unspecified atom stereocenters. The number of hydrogen-bond donors (Lipinski definition) is 1. The van der Waals surface area contributed by atoms with Gasteiger partial charge in [0.05, 0.1) is 11.2 Å². The molecule has 3 rings (SSSR count). The van der Waals surface area contributed by atoms with E-state index in [1.807, 2.05) is 4.57 Å². The second-order valence-electron chi connectivity index (χ2n) is 5.99. The standard InChI is InChI=1S/C15H18FN3OS/c1-15(2,20)9-21-14-18-17-13(19(14)10-7-8-10)11-5-3-4-6-12(11)16/h3-6,10,20H,7-9H2,1-2H3. The van der Waals surface area contributed by atoms with Gasteiger partial charge in [-0.3, -0.25) is 4.57 Å². The summed E-state index contributed by atoms with van der Waals surface area (Å²) >= 11 is 1.46. The number of nitrogens with zero attached hydrogens (tertiary/aromatic N) is 3. The van der Waals surface area contributed by atoms with Crippen molar-refractivity contribution in [2.75, 3.05) is 5.75 Å². The van der Waals surface area contributed by atoms with Crippen molar-refractivity contribution in [1.82, 2.24) is 14.8 Å². The van der Waals surface area contributed by atoms with Gasteiger partial charge in [0.15, 0.2) is 11.0 Å². The van der Waals surface area contributed by atoms with Gasteiger partial charge in [0.2, 0.25) is 0 Å². The zero-order valence-electron chi connectivity index (χ0n) is 12.1. The van der Waals surface area contributed by atoms with E-state index in [2.05, 4.69) is 10.2 Å². The van der Waals surface area contributed by atoms with E-state index < -0.39 is 5.60 Å². The molecule has 1 saturated carbocycles. The summed E-state index contributed by atoms with van der Waals surface area (Å²) in [5.74, 6) is 0.814. The number of aromatic nitrogens is 3. The first-order valence-electron chi connectivity index (χ1n) is 7.01. The molecule has 1 aromatic heterocycles. The van der Waals surface area contributed by atoms with Crippen molar-refractivity contribution in [2.45, 2.75) is 43.5 Å². The van der Waals surface area contributed by atoms with Crippen LogP contribution in [0.5, 0.6) is 0 Å². The van der Waals surface area contributed by atoms with E-state index in [1.165, 1.54) is 17.8 Å². The minimum Gasteiger partial charge on any atom is -0.390 e. The van der Waals surface area contributed by atoms with Crippen LogP contribution >= 0.6 is 11.8 Å². The zero-order valence-corrected chi connectivity index (χ0v) is 12.9. The summed E-state index contributed by atoms with van der Waals surface area (Å²) in [6.45, 7) is 3.52. The molecule has 0 spiro atoms. The molecule has 1 aliphatic carbocycles. The van der Waals surface area contributed by atoms with Crippen LogP contribution < -0.4 is 0 Å². The Morgan fingerprint density at radius 1 is 1.33 bits per heavy atom. The Kier molecular flexibility index (Phi) is 3.75. The summed E-state index contributed by atoms with van der Waals surface area (Å²) in [7, 11) is 0. The lowest BCUT2D eigenvalue weighted by atomic mass is 10.2. The van der Waals surface area contributed by atoms with E-state index in [1.54, 1.807) is 32.0 Å². The molecule has 1 aromatic carbocycles. The molecule has 0 aliphatic heterocycles. The van der Waals surface area contributed by atoms with E-state index in [0.717, 1.165) is 18.0 Å². The molecular weight excluding hydrogens is 289 g/mol. The third-order valence-corrected chi connectivity index (χ3v) is 4.63. The predicted octanol–water partition coefficient (Wildman–Crippen LogP) is 3.28. The monoisotopic (exact) mass is 307 g/mol. The average molecular weight is 307 g/mol. The van der Waals surface area contributed by atoms with Crippen LogP contribution in [0.15, 0.2) is 29.4 Å². The summed E-state index contributed by atoms with van der Waals surface area (Å²) in [4.78, 5) is 0. The fourth-order valence-electron chi connectivity index (χ4n) is 2.10. The van der Waals surface area contributed by atoms with Gasteiger partial charge in [-0.2, -0.15) is 0 Å². The molecule has 1 fully saturated rings. The van der Waals surface area contributed by atoms with Crippen molar-refractivity contribution >= 4 is 11.8 Å². The van der Waals surface area contributed by atoms with Crippen molar-refractivity contribution in [2.24, 2.45) is 0 Å². The highest BCUT2D eigenvalue weighted by atomic mass is 32.2. The van der Waals surface area contributed by atoms with Crippen molar-refractivity contribution < 1.29 is 9.50 Å². The number of halogens is 1. The maximum Gasteiger partial charge on any atom is 0.191 e. The van der Waals surface area contributed by atoms with Crippen molar-refractivity contribution in [3.63, 3.8) is 0 Å². The molecule has 0 bridgehead atoms. The Morgan fingerprint density at radius 3 is 2.67 bits per heavy atom. The first kappa shape index (κ1) is 14.5. The summed E-state index contributed by atoms with van der Waals surface area (Å²) in [6, 6.07) is 6.97. The highest BCUT2D eigenvalue weighted by molar-refractivity contribution is 7.99. The van der Waals surface area contributed by atoms with E-state index in [4.69, 9.17) is 0 Å². The third kappa shape index (κ3) is 3.27. The molecule has 1 heterocycles. The smallest absolute Gasteiger partial charge is 0.191 e.